The summed E-state index contributed by atoms with van der Waals surface area (Å²) in [5, 5.41) is 5.40. The maximum Gasteiger partial charge on any atom is 0.264 e. The minimum Gasteiger partial charge on any atom is -0.332 e. The Morgan fingerprint density at radius 2 is 2.38 bits per heavy atom. The number of piperazine rings is 1. The van der Waals surface area contributed by atoms with Crippen LogP contribution in [0.4, 0.5) is 0 Å². The standard InChI is InChI=1S/C12H18N2OS/c1-9-7-13-12(2,3)8-14(9)11(15)10-5-4-6-16-10/h4-6,9,13H,7-8H2,1-3H3. The average molecular weight is 238 g/mol. The summed E-state index contributed by atoms with van der Waals surface area (Å²) < 4.78 is 0. The van der Waals surface area contributed by atoms with Crippen LogP contribution in [0.15, 0.2) is 17.5 Å². The van der Waals surface area contributed by atoms with Gasteiger partial charge >= 0.3 is 0 Å². The quantitative estimate of drug-likeness (QED) is 0.811. The van der Waals surface area contributed by atoms with Gasteiger partial charge in [0.2, 0.25) is 0 Å². The van der Waals surface area contributed by atoms with Gasteiger partial charge in [0.15, 0.2) is 0 Å². The summed E-state index contributed by atoms with van der Waals surface area (Å²) in [5.41, 5.74) is 0.0133. The Bertz CT molecular complexity index is 372. The van der Waals surface area contributed by atoms with Crippen LogP contribution < -0.4 is 5.32 Å². The zero-order valence-corrected chi connectivity index (χ0v) is 10.8. The van der Waals surface area contributed by atoms with Gasteiger partial charge < -0.3 is 10.2 Å². The van der Waals surface area contributed by atoms with Gasteiger partial charge in [-0.1, -0.05) is 6.07 Å². The van der Waals surface area contributed by atoms with Crippen molar-refractivity contribution in [1.29, 1.82) is 0 Å². The molecule has 16 heavy (non-hydrogen) atoms. The van der Waals surface area contributed by atoms with Crippen LogP contribution in [0.2, 0.25) is 0 Å². The van der Waals surface area contributed by atoms with Crippen molar-refractivity contribution in [3.63, 3.8) is 0 Å². The van der Waals surface area contributed by atoms with Crippen molar-refractivity contribution < 1.29 is 4.79 Å². The van der Waals surface area contributed by atoms with E-state index >= 15 is 0 Å². The lowest BCUT2D eigenvalue weighted by Gasteiger charge is -2.43. The van der Waals surface area contributed by atoms with Crippen molar-refractivity contribution >= 4 is 17.2 Å². The summed E-state index contributed by atoms with van der Waals surface area (Å²) in [6, 6.07) is 4.09. The molecule has 0 aromatic carbocycles. The van der Waals surface area contributed by atoms with Gasteiger partial charge in [-0.25, -0.2) is 0 Å². The largest absolute Gasteiger partial charge is 0.332 e. The molecule has 1 fully saturated rings. The molecule has 1 aliphatic rings. The van der Waals surface area contributed by atoms with Gasteiger partial charge in [0, 0.05) is 24.7 Å². The van der Waals surface area contributed by atoms with Crippen molar-refractivity contribution in [2.75, 3.05) is 13.1 Å². The lowest BCUT2D eigenvalue weighted by atomic mass is 9.99. The van der Waals surface area contributed by atoms with Crippen LogP contribution in [-0.4, -0.2) is 35.5 Å². The molecule has 2 heterocycles. The SMILES string of the molecule is CC1CNC(C)(C)CN1C(=O)c1cccs1. The highest BCUT2D eigenvalue weighted by atomic mass is 32.1. The Labute approximate surface area is 100 Å². The normalized spacial score (nSPS) is 24.4. The van der Waals surface area contributed by atoms with Gasteiger partial charge in [0.1, 0.15) is 0 Å². The number of hydrogen-bond acceptors (Lipinski definition) is 3. The summed E-state index contributed by atoms with van der Waals surface area (Å²) in [4.78, 5) is 15.1. The highest BCUT2D eigenvalue weighted by Crippen LogP contribution is 2.20. The van der Waals surface area contributed by atoms with Crippen molar-refractivity contribution in [3.05, 3.63) is 22.4 Å². The summed E-state index contributed by atoms with van der Waals surface area (Å²) >= 11 is 1.52. The molecule has 4 heteroatoms. The third-order valence-corrected chi connectivity index (χ3v) is 3.82. The molecule has 2 rings (SSSR count). The van der Waals surface area contributed by atoms with Gasteiger partial charge in [-0.05, 0) is 32.2 Å². The first kappa shape index (κ1) is 11.6. The number of nitrogens with zero attached hydrogens (tertiary/aromatic N) is 1. The minimum absolute atomic E-state index is 0.0133. The van der Waals surface area contributed by atoms with E-state index in [4.69, 9.17) is 0 Å². The van der Waals surface area contributed by atoms with Crippen LogP contribution in [0.3, 0.4) is 0 Å². The number of amides is 1. The van der Waals surface area contributed by atoms with E-state index in [9.17, 15) is 4.79 Å². The molecule has 0 saturated carbocycles. The molecule has 88 valence electrons. The first-order chi connectivity index (χ1) is 7.49. The summed E-state index contributed by atoms with van der Waals surface area (Å²) in [6.45, 7) is 7.99. The zero-order valence-electron chi connectivity index (χ0n) is 9.99. The predicted molar refractivity (Wildman–Crippen MR) is 66.9 cm³/mol. The Morgan fingerprint density at radius 3 is 3.00 bits per heavy atom. The minimum atomic E-state index is 0.0133. The second kappa shape index (κ2) is 4.18. The zero-order chi connectivity index (χ0) is 11.8. The molecule has 1 N–H and O–H groups in total. The van der Waals surface area contributed by atoms with Crippen molar-refractivity contribution in [2.24, 2.45) is 0 Å². The van der Waals surface area contributed by atoms with Crippen LogP contribution in [0.5, 0.6) is 0 Å². The van der Waals surface area contributed by atoms with Crippen molar-refractivity contribution in [3.8, 4) is 0 Å². The second-order valence-corrected chi connectivity index (χ2v) is 5.97. The monoisotopic (exact) mass is 238 g/mol. The number of carbonyl (C=O) groups excluding carboxylic acids is 1. The molecule has 1 atom stereocenters. The number of carbonyl (C=O) groups is 1. The van der Waals surface area contributed by atoms with Crippen molar-refractivity contribution in [1.82, 2.24) is 10.2 Å². The summed E-state index contributed by atoms with van der Waals surface area (Å²) in [6.07, 6.45) is 0. The predicted octanol–water partition coefficient (Wildman–Crippen LogP) is 1.96. The maximum absolute atomic E-state index is 12.3. The fourth-order valence-electron chi connectivity index (χ4n) is 1.99. The second-order valence-electron chi connectivity index (χ2n) is 5.02. The first-order valence-corrected chi connectivity index (χ1v) is 6.47. The Hall–Kier alpha value is -0.870. The van der Waals surface area contributed by atoms with Gasteiger partial charge in [0.05, 0.1) is 4.88 Å². The van der Waals surface area contributed by atoms with E-state index in [-0.39, 0.29) is 17.5 Å². The Kier molecular flexibility index (Phi) is 3.04. The molecule has 0 bridgehead atoms. The van der Waals surface area contributed by atoms with Gasteiger partial charge in [-0.3, -0.25) is 4.79 Å². The fourth-order valence-corrected chi connectivity index (χ4v) is 2.66. The Balaban J connectivity index is 2.16. The molecule has 1 aromatic rings. The molecule has 0 aliphatic carbocycles. The topological polar surface area (TPSA) is 32.3 Å². The van der Waals surface area contributed by atoms with Crippen LogP contribution in [-0.2, 0) is 0 Å². The third-order valence-electron chi connectivity index (χ3n) is 2.97. The smallest absolute Gasteiger partial charge is 0.264 e. The molecule has 0 radical (unpaired) electrons. The number of nitrogens with one attached hydrogen (secondary N) is 1. The first-order valence-electron chi connectivity index (χ1n) is 5.59. The molecule has 1 amide bonds. The average Bonchev–Trinajstić information content (AvgIpc) is 2.74. The van der Waals surface area contributed by atoms with E-state index in [1.54, 1.807) is 0 Å². The molecule has 1 aliphatic heterocycles. The van der Waals surface area contributed by atoms with Crippen LogP contribution in [0.1, 0.15) is 30.4 Å². The van der Waals surface area contributed by atoms with Gasteiger partial charge in [0.25, 0.3) is 5.91 Å². The number of thiophene rings is 1. The van der Waals surface area contributed by atoms with E-state index in [0.717, 1.165) is 18.0 Å². The molecule has 1 aromatic heterocycles. The highest BCUT2D eigenvalue weighted by molar-refractivity contribution is 7.12. The maximum atomic E-state index is 12.3. The van der Waals surface area contributed by atoms with E-state index in [2.05, 4.69) is 26.1 Å². The van der Waals surface area contributed by atoms with Crippen LogP contribution in [0.25, 0.3) is 0 Å². The van der Waals surface area contributed by atoms with E-state index in [0.29, 0.717) is 0 Å². The highest BCUT2D eigenvalue weighted by Gasteiger charge is 2.33. The van der Waals surface area contributed by atoms with E-state index in [1.165, 1.54) is 11.3 Å². The van der Waals surface area contributed by atoms with Gasteiger partial charge in [-0.15, -0.1) is 11.3 Å². The lowest BCUT2D eigenvalue weighted by molar-refractivity contribution is 0.0538. The van der Waals surface area contributed by atoms with Crippen molar-refractivity contribution in [2.45, 2.75) is 32.4 Å². The fraction of sp³-hybridized carbons (Fsp3) is 0.583. The molecular formula is C12H18N2OS. The molecule has 3 nitrogen and oxygen atoms in total. The van der Waals surface area contributed by atoms with Gasteiger partial charge in [-0.2, -0.15) is 0 Å². The van der Waals surface area contributed by atoms with E-state index < -0.39 is 0 Å². The molecule has 0 spiro atoms. The summed E-state index contributed by atoms with van der Waals surface area (Å²) in [7, 11) is 0. The number of rotatable bonds is 1. The molecule has 1 unspecified atom stereocenters. The molecular weight excluding hydrogens is 220 g/mol. The third kappa shape index (κ3) is 2.28. The lowest BCUT2D eigenvalue weighted by Crippen LogP contribution is -2.62. The Morgan fingerprint density at radius 1 is 1.62 bits per heavy atom. The van der Waals surface area contributed by atoms with Crippen LogP contribution >= 0.6 is 11.3 Å². The summed E-state index contributed by atoms with van der Waals surface area (Å²) in [5.74, 6) is 0.164. The number of hydrogen-bond donors (Lipinski definition) is 1. The van der Waals surface area contributed by atoms with Crippen LogP contribution in [0, 0.1) is 0 Å². The molecule has 1 saturated heterocycles. The van der Waals surface area contributed by atoms with E-state index in [1.807, 2.05) is 22.4 Å².